The van der Waals surface area contributed by atoms with Gasteiger partial charge in [-0.15, -0.1) is 6.58 Å². The van der Waals surface area contributed by atoms with Crippen LogP contribution in [0.1, 0.15) is 22.3 Å². The van der Waals surface area contributed by atoms with E-state index in [1.807, 2.05) is 72.8 Å². The number of benzene rings is 4. The molecule has 0 aliphatic carbocycles. The van der Waals surface area contributed by atoms with Crippen LogP contribution in [0.15, 0.2) is 134 Å². The molecule has 0 aliphatic heterocycles. The summed E-state index contributed by atoms with van der Waals surface area (Å²) in [5, 5.41) is 0. The second kappa shape index (κ2) is 12.8. The van der Waals surface area contributed by atoms with Gasteiger partial charge in [0.2, 0.25) is 0 Å². The van der Waals surface area contributed by atoms with E-state index in [2.05, 4.69) is 55.1 Å². The maximum absolute atomic E-state index is 6.91. The molecular formula is C32H32O3. The molecule has 0 amide bonds. The molecule has 0 N–H and O–H groups in total. The molecule has 3 nitrogen and oxygen atoms in total. The molecular weight excluding hydrogens is 432 g/mol. The van der Waals surface area contributed by atoms with Crippen molar-refractivity contribution in [3.05, 3.63) is 156 Å². The monoisotopic (exact) mass is 464 g/mol. The van der Waals surface area contributed by atoms with E-state index in [0.717, 1.165) is 22.3 Å². The Kier molecular flexibility index (Phi) is 9.02. The minimum atomic E-state index is -0.793. The van der Waals surface area contributed by atoms with Crippen LogP contribution in [0.3, 0.4) is 0 Å². The normalized spacial score (nSPS) is 12.2. The molecule has 4 aromatic carbocycles. The molecule has 3 heteroatoms. The highest BCUT2D eigenvalue weighted by molar-refractivity contribution is 5.47. The lowest BCUT2D eigenvalue weighted by molar-refractivity contribution is -0.0881. The Morgan fingerprint density at radius 2 is 1.09 bits per heavy atom. The van der Waals surface area contributed by atoms with E-state index >= 15 is 0 Å². The molecule has 0 fully saturated rings. The first kappa shape index (κ1) is 24.6. The molecule has 178 valence electrons. The third kappa shape index (κ3) is 6.34. The molecule has 4 aromatic rings. The highest BCUT2D eigenvalue weighted by atomic mass is 16.6. The maximum Gasteiger partial charge on any atom is 0.143 e. The van der Waals surface area contributed by atoms with E-state index in [0.29, 0.717) is 26.4 Å². The molecule has 0 aromatic heterocycles. The van der Waals surface area contributed by atoms with Crippen molar-refractivity contribution in [3.8, 4) is 0 Å². The summed E-state index contributed by atoms with van der Waals surface area (Å²) in [7, 11) is 0. The van der Waals surface area contributed by atoms with Crippen molar-refractivity contribution < 1.29 is 14.2 Å². The number of ether oxygens (including phenoxy) is 3. The van der Waals surface area contributed by atoms with E-state index in [9.17, 15) is 0 Å². The van der Waals surface area contributed by atoms with Gasteiger partial charge in [-0.25, -0.2) is 0 Å². The Balaban J connectivity index is 1.63. The minimum Gasteiger partial charge on any atom is -0.374 e. The van der Waals surface area contributed by atoms with Gasteiger partial charge in [0, 0.05) is 0 Å². The third-order valence-electron chi connectivity index (χ3n) is 5.89. The first-order chi connectivity index (χ1) is 17.3. The highest BCUT2D eigenvalue weighted by Gasteiger charge is 2.38. The Hall–Kier alpha value is -3.50. The van der Waals surface area contributed by atoms with Crippen LogP contribution < -0.4 is 0 Å². The van der Waals surface area contributed by atoms with Crippen LogP contribution in [-0.4, -0.2) is 25.9 Å². The lowest BCUT2D eigenvalue weighted by atomic mass is 9.80. The van der Waals surface area contributed by atoms with E-state index in [1.165, 1.54) is 0 Å². The Morgan fingerprint density at radius 3 is 1.54 bits per heavy atom. The predicted octanol–water partition coefficient (Wildman–Crippen LogP) is 6.78. The first-order valence-corrected chi connectivity index (χ1v) is 12.0. The lowest BCUT2D eigenvalue weighted by Gasteiger charge is -2.37. The van der Waals surface area contributed by atoms with E-state index < -0.39 is 5.60 Å². The fourth-order valence-corrected chi connectivity index (χ4v) is 4.22. The SMILES string of the molecule is C=CCO[C@@H](COCc1ccccc1)COC(c1ccccc1)(c1ccccc1)c1ccccc1. The predicted molar refractivity (Wildman–Crippen MR) is 141 cm³/mol. The molecule has 35 heavy (non-hydrogen) atoms. The van der Waals surface area contributed by atoms with Crippen LogP contribution in [0.5, 0.6) is 0 Å². The zero-order chi connectivity index (χ0) is 24.2. The number of hydrogen-bond donors (Lipinski definition) is 0. The fourth-order valence-electron chi connectivity index (χ4n) is 4.22. The molecule has 0 bridgehead atoms. The van der Waals surface area contributed by atoms with Crippen LogP contribution in [0.4, 0.5) is 0 Å². The van der Waals surface area contributed by atoms with Crippen molar-refractivity contribution in [3.63, 3.8) is 0 Å². The van der Waals surface area contributed by atoms with Gasteiger partial charge >= 0.3 is 0 Å². The largest absolute Gasteiger partial charge is 0.374 e. The van der Waals surface area contributed by atoms with Gasteiger partial charge in [0.05, 0.1) is 26.4 Å². The zero-order valence-electron chi connectivity index (χ0n) is 20.0. The standard InChI is InChI=1S/C32H32O3/c1-2-23-34-31(25-33-24-27-15-7-3-8-16-27)26-35-32(28-17-9-4-10-18-28,29-19-11-5-12-20-29)30-21-13-6-14-22-30/h2-22,31H,1,23-26H2/t31-/m0/s1. The summed E-state index contributed by atoms with van der Waals surface area (Å²) in [6, 6.07) is 41.2. The van der Waals surface area contributed by atoms with Crippen LogP contribution in [0.2, 0.25) is 0 Å². The summed E-state index contributed by atoms with van der Waals surface area (Å²) in [5.41, 5.74) is 3.52. The first-order valence-electron chi connectivity index (χ1n) is 12.0. The van der Waals surface area contributed by atoms with E-state index in [-0.39, 0.29) is 6.10 Å². The summed E-state index contributed by atoms with van der Waals surface area (Å²) >= 11 is 0. The molecule has 4 rings (SSSR count). The average molecular weight is 465 g/mol. The van der Waals surface area contributed by atoms with Crippen molar-refractivity contribution in [2.45, 2.75) is 18.3 Å². The second-order valence-electron chi connectivity index (χ2n) is 8.34. The van der Waals surface area contributed by atoms with Gasteiger partial charge in [0.25, 0.3) is 0 Å². The zero-order valence-corrected chi connectivity index (χ0v) is 20.0. The van der Waals surface area contributed by atoms with Crippen molar-refractivity contribution in [1.82, 2.24) is 0 Å². The summed E-state index contributed by atoms with van der Waals surface area (Å²) < 4.78 is 19.0. The van der Waals surface area contributed by atoms with Crippen molar-refractivity contribution in [2.24, 2.45) is 0 Å². The van der Waals surface area contributed by atoms with Crippen LogP contribution >= 0.6 is 0 Å². The second-order valence-corrected chi connectivity index (χ2v) is 8.34. The number of hydrogen-bond acceptors (Lipinski definition) is 3. The molecule has 0 aliphatic rings. The summed E-state index contributed by atoms with van der Waals surface area (Å²) in [6.07, 6.45) is 1.50. The fraction of sp³-hybridized carbons (Fsp3) is 0.188. The van der Waals surface area contributed by atoms with Gasteiger partial charge in [-0.2, -0.15) is 0 Å². The van der Waals surface area contributed by atoms with Gasteiger partial charge in [-0.3, -0.25) is 0 Å². The quantitative estimate of drug-likeness (QED) is 0.161. The van der Waals surface area contributed by atoms with E-state index in [4.69, 9.17) is 14.2 Å². The van der Waals surface area contributed by atoms with Gasteiger partial charge in [0.15, 0.2) is 0 Å². The van der Waals surface area contributed by atoms with Crippen LogP contribution in [-0.2, 0) is 26.4 Å². The summed E-state index contributed by atoms with van der Waals surface area (Å²) in [6.45, 7) is 5.52. The summed E-state index contributed by atoms with van der Waals surface area (Å²) in [4.78, 5) is 0. The molecule has 1 atom stereocenters. The average Bonchev–Trinajstić information content (AvgIpc) is 2.94. The lowest BCUT2D eigenvalue weighted by Crippen LogP contribution is -2.37. The maximum atomic E-state index is 6.91. The smallest absolute Gasteiger partial charge is 0.143 e. The van der Waals surface area contributed by atoms with Gasteiger partial charge in [-0.1, -0.05) is 127 Å². The molecule has 0 saturated heterocycles. The summed E-state index contributed by atoms with van der Waals surface area (Å²) in [5.74, 6) is 0. The Bertz CT molecular complexity index is 1030. The van der Waals surface area contributed by atoms with E-state index in [1.54, 1.807) is 6.08 Å². The highest BCUT2D eigenvalue weighted by Crippen LogP contribution is 2.40. The molecule has 0 saturated carbocycles. The Morgan fingerprint density at radius 1 is 0.629 bits per heavy atom. The molecule has 0 unspecified atom stereocenters. The molecule has 0 heterocycles. The van der Waals surface area contributed by atoms with Crippen molar-refractivity contribution in [2.75, 3.05) is 19.8 Å². The molecule has 0 radical (unpaired) electrons. The van der Waals surface area contributed by atoms with Gasteiger partial charge in [0.1, 0.15) is 11.7 Å². The van der Waals surface area contributed by atoms with Gasteiger partial charge < -0.3 is 14.2 Å². The minimum absolute atomic E-state index is 0.257. The number of rotatable bonds is 13. The molecule has 0 spiro atoms. The third-order valence-corrected chi connectivity index (χ3v) is 5.89. The van der Waals surface area contributed by atoms with Gasteiger partial charge in [-0.05, 0) is 22.3 Å². The van der Waals surface area contributed by atoms with Crippen LogP contribution in [0, 0.1) is 0 Å². The van der Waals surface area contributed by atoms with Crippen molar-refractivity contribution in [1.29, 1.82) is 0 Å². The van der Waals surface area contributed by atoms with Crippen molar-refractivity contribution >= 4 is 0 Å². The van der Waals surface area contributed by atoms with Crippen LogP contribution in [0.25, 0.3) is 0 Å². The topological polar surface area (TPSA) is 27.7 Å². The Labute approximate surface area is 208 Å².